The van der Waals surface area contributed by atoms with Crippen molar-refractivity contribution >= 4 is 5.91 Å². The summed E-state index contributed by atoms with van der Waals surface area (Å²) in [4.78, 5) is 13.2. The highest BCUT2D eigenvalue weighted by atomic mass is 16.2. The molecule has 3 heteroatoms. The molecule has 1 amide bonds. The maximum absolute atomic E-state index is 11.6. The highest BCUT2D eigenvalue weighted by molar-refractivity contribution is 5.99. The number of hydrogen-bond donors (Lipinski definition) is 0. The van der Waals surface area contributed by atoms with E-state index in [1.54, 1.807) is 18.0 Å². The molecule has 1 aliphatic heterocycles. The van der Waals surface area contributed by atoms with Gasteiger partial charge in [0.1, 0.15) is 0 Å². The Balaban J connectivity index is 3.06. The lowest BCUT2D eigenvalue weighted by Gasteiger charge is -2.06. The van der Waals surface area contributed by atoms with Crippen LogP contribution in [-0.4, -0.2) is 24.4 Å². The fourth-order valence-corrected chi connectivity index (χ4v) is 1.38. The lowest BCUT2D eigenvalue weighted by atomic mass is 10.1. The molecule has 72 valence electrons. The third kappa shape index (κ3) is 1.74. The van der Waals surface area contributed by atoms with Crippen molar-refractivity contribution in [1.82, 2.24) is 4.90 Å². The first-order valence-electron chi connectivity index (χ1n) is 4.29. The minimum Gasteiger partial charge on any atom is -0.338 e. The summed E-state index contributed by atoms with van der Waals surface area (Å²) in [5.74, 6) is -0.0305. The molecule has 0 aromatic rings. The largest absolute Gasteiger partial charge is 0.338 e. The molecular formula is C11H12N2O. The summed E-state index contributed by atoms with van der Waals surface area (Å²) in [7, 11) is 1.74. The van der Waals surface area contributed by atoms with Gasteiger partial charge in [-0.15, -0.1) is 0 Å². The van der Waals surface area contributed by atoms with Crippen LogP contribution in [0, 0.1) is 11.3 Å². The first-order chi connectivity index (χ1) is 6.60. The molecule has 0 aliphatic carbocycles. The van der Waals surface area contributed by atoms with Crippen LogP contribution in [0.2, 0.25) is 0 Å². The van der Waals surface area contributed by atoms with Crippen molar-refractivity contribution in [2.75, 3.05) is 13.6 Å². The molecule has 3 nitrogen and oxygen atoms in total. The number of likely N-dealkylation sites (N-methyl/N-ethyl adjacent to an activating group) is 1. The van der Waals surface area contributed by atoms with Gasteiger partial charge in [0.25, 0.3) is 5.91 Å². The van der Waals surface area contributed by atoms with Crippen molar-refractivity contribution in [2.45, 2.75) is 6.92 Å². The molecule has 0 atom stereocenters. The van der Waals surface area contributed by atoms with Crippen LogP contribution >= 0.6 is 0 Å². The zero-order valence-electron chi connectivity index (χ0n) is 8.37. The molecule has 0 unspecified atom stereocenters. The highest BCUT2D eigenvalue weighted by Gasteiger charge is 2.23. The van der Waals surface area contributed by atoms with E-state index in [1.165, 1.54) is 6.08 Å². The molecule has 0 spiro atoms. The van der Waals surface area contributed by atoms with E-state index < -0.39 is 0 Å². The van der Waals surface area contributed by atoms with Crippen LogP contribution in [0.3, 0.4) is 0 Å². The van der Waals surface area contributed by atoms with E-state index in [-0.39, 0.29) is 5.91 Å². The molecule has 0 aromatic heterocycles. The van der Waals surface area contributed by atoms with Crippen LogP contribution in [0.4, 0.5) is 0 Å². The van der Waals surface area contributed by atoms with Gasteiger partial charge >= 0.3 is 0 Å². The highest BCUT2D eigenvalue weighted by Crippen LogP contribution is 2.19. The van der Waals surface area contributed by atoms with Crippen LogP contribution in [-0.2, 0) is 4.79 Å². The maximum Gasteiger partial charge on any atom is 0.253 e. The number of carbonyl (C=O) groups excluding carboxylic acids is 1. The summed E-state index contributed by atoms with van der Waals surface area (Å²) < 4.78 is 0. The van der Waals surface area contributed by atoms with Crippen molar-refractivity contribution in [3.63, 3.8) is 0 Å². The summed E-state index contributed by atoms with van der Waals surface area (Å²) in [6.07, 6.45) is 3.04. The van der Waals surface area contributed by atoms with Crippen molar-refractivity contribution in [3.05, 3.63) is 35.5 Å². The number of hydrogen-bond acceptors (Lipinski definition) is 2. The van der Waals surface area contributed by atoms with Gasteiger partial charge in [-0.1, -0.05) is 12.7 Å². The third-order valence-electron chi connectivity index (χ3n) is 2.16. The van der Waals surface area contributed by atoms with Crippen molar-refractivity contribution in [2.24, 2.45) is 0 Å². The monoisotopic (exact) mass is 188 g/mol. The van der Waals surface area contributed by atoms with E-state index in [4.69, 9.17) is 5.26 Å². The lowest BCUT2D eigenvalue weighted by molar-refractivity contribution is -0.124. The maximum atomic E-state index is 11.6. The molecule has 1 rings (SSSR count). The second-order valence-electron chi connectivity index (χ2n) is 3.27. The first-order valence-corrected chi connectivity index (χ1v) is 4.29. The summed E-state index contributed by atoms with van der Waals surface area (Å²) in [5.41, 5.74) is 2.03. The van der Waals surface area contributed by atoms with Crippen molar-refractivity contribution in [1.29, 1.82) is 5.26 Å². The van der Waals surface area contributed by atoms with Gasteiger partial charge in [-0.25, -0.2) is 0 Å². The molecule has 0 bridgehead atoms. The normalized spacial score (nSPS) is 17.4. The van der Waals surface area contributed by atoms with Gasteiger partial charge in [0.05, 0.1) is 11.6 Å². The van der Waals surface area contributed by atoms with Gasteiger partial charge in [-0.2, -0.15) is 5.26 Å². The molecule has 1 heterocycles. The van der Waals surface area contributed by atoms with Crippen LogP contribution in [0.5, 0.6) is 0 Å². The quantitative estimate of drug-likeness (QED) is 0.486. The molecule has 0 saturated carbocycles. The van der Waals surface area contributed by atoms with Gasteiger partial charge in [-0.05, 0) is 18.6 Å². The molecule has 14 heavy (non-hydrogen) atoms. The minimum absolute atomic E-state index is 0.0305. The van der Waals surface area contributed by atoms with Crippen LogP contribution in [0.1, 0.15) is 6.92 Å². The van der Waals surface area contributed by atoms with Crippen LogP contribution in [0.15, 0.2) is 35.5 Å². The van der Waals surface area contributed by atoms with Crippen LogP contribution in [0.25, 0.3) is 0 Å². The zero-order chi connectivity index (χ0) is 10.7. The lowest BCUT2D eigenvalue weighted by Crippen LogP contribution is -2.21. The molecule has 0 fully saturated rings. The number of amides is 1. The summed E-state index contributed by atoms with van der Waals surface area (Å²) in [6.45, 7) is 6.04. The number of carbonyl (C=O) groups is 1. The number of rotatable bonds is 2. The Labute approximate surface area is 83.6 Å². The Morgan fingerprint density at radius 2 is 2.36 bits per heavy atom. The molecule has 0 saturated heterocycles. The third-order valence-corrected chi connectivity index (χ3v) is 2.16. The van der Waals surface area contributed by atoms with E-state index in [1.807, 2.05) is 13.0 Å². The second kappa shape index (κ2) is 3.93. The Morgan fingerprint density at radius 1 is 1.71 bits per heavy atom. The average molecular weight is 188 g/mol. The Kier molecular flexibility index (Phi) is 2.88. The zero-order valence-corrected chi connectivity index (χ0v) is 8.37. The second-order valence-corrected chi connectivity index (χ2v) is 3.27. The summed E-state index contributed by atoms with van der Waals surface area (Å²) in [6, 6.07) is 1.97. The molecule has 0 radical (unpaired) electrons. The molecule has 0 N–H and O–H groups in total. The Hall–Kier alpha value is -1.82. The van der Waals surface area contributed by atoms with Gasteiger partial charge in [0.15, 0.2) is 0 Å². The van der Waals surface area contributed by atoms with Crippen molar-refractivity contribution in [3.8, 4) is 6.07 Å². The van der Waals surface area contributed by atoms with E-state index in [9.17, 15) is 4.79 Å². The van der Waals surface area contributed by atoms with E-state index in [0.29, 0.717) is 17.7 Å². The SMILES string of the molecule is C=C/C(C#N)=C\C1=C(C)CN(C)C1=O. The summed E-state index contributed by atoms with van der Waals surface area (Å²) >= 11 is 0. The minimum atomic E-state index is -0.0305. The van der Waals surface area contributed by atoms with Crippen LogP contribution < -0.4 is 0 Å². The predicted octanol–water partition coefficient (Wildman–Crippen LogP) is 1.41. The van der Waals surface area contributed by atoms with Gasteiger partial charge in [0.2, 0.25) is 0 Å². The fourth-order valence-electron chi connectivity index (χ4n) is 1.38. The smallest absolute Gasteiger partial charge is 0.253 e. The molecule has 1 aliphatic rings. The van der Waals surface area contributed by atoms with E-state index >= 15 is 0 Å². The number of allylic oxidation sites excluding steroid dienone is 2. The standard InChI is InChI=1S/C11H12N2O/c1-4-9(6-12)5-10-8(2)7-13(3)11(10)14/h4-5H,1,7H2,2-3H3/b9-5+. The van der Waals surface area contributed by atoms with Gasteiger partial charge < -0.3 is 4.90 Å². The molecular weight excluding hydrogens is 176 g/mol. The Morgan fingerprint density at radius 3 is 2.71 bits per heavy atom. The summed E-state index contributed by atoms with van der Waals surface area (Å²) in [5, 5.41) is 8.69. The van der Waals surface area contributed by atoms with Crippen molar-refractivity contribution < 1.29 is 4.79 Å². The topological polar surface area (TPSA) is 44.1 Å². The number of nitrogens with zero attached hydrogens (tertiary/aromatic N) is 2. The predicted molar refractivity (Wildman–Crippen MR) is 54.2 cm³/mol. The van der Waals surface area contributed by atoms with Gasteiger partial charge in [0, 0.05) is 19.2 Å². The van der Waals surface area contributed by atoms with E-state index in [0.717, 1.165) is 5.57 Å². The molecule has 0 aromatic carbocycles. The first kappa shape index (κ1) is 10.3. The number of nitriles is 1. The fraction of sp³-hybridized carbons (Fsp3) is 0.273. The average Bonchev–Trinajstić information content (AvgIpc) is 2.40. The van der Waals surface area contributed by atoms with E-state index in [2.05, 4.69) is 6.58 Å². The van der Waals surface area contributed by atoms with Gasteiger partial charge in [-0.3, -0.25) is 4.79 Å². The Bertz CT molecular complexity index is 383.